The first kappa shape index (κ1) is 15.5. The molecule has 112 valence electrons. The third-order valence-corrected chi connectivity index (χ3v) is 4.05. The van der Waals surface area contributed by atoms with Gasteiger partial charge in [-0.15, -0.1) is 11.3 Å². The molecule has 4 N–H and O–H groups in total. The molecule has 2 aromatic rings. The summed E-state index contributed by atoms with van der Waals surface area (Å²) in [7, 11) is 0. The van der Waals surface area contributed by atoms with Crippen LogP contribution in [0.2, 0.25) is 0 Å². The van der Waals surface area contributed by atoms with Crippen molar-refractivity contribution in [3.05, 3.63) is 40.9 Å². The third-order valence-electron chi connectivity index (χ3n) is 3.03. The highest BCUT2D eigenvalue weighted by Crippen LogP contribution is 2.26. The van der Waals surface area contributed by atoms with E-state index in [1.165, 1.54) is 16.9 Å². The second-order valence-electron chi connectivity index (χ2n) is 4.68. The lowest BCUT2D eigenvalue weighted by atomic mass is 10.1. The average molecular weight is 305 g/mol. The van der Waals surface area contributed by atoms with Crippen molar-refractivity contribution in [2.24, 2.45) is 11.5 Å². The number of aromatic nitrogens is 1. The topological polar surface area (TPSA) is 91.2 Å². The fourth-order valence-electron chi connectivity index (χ4n) is 1.94. The molecule has 1 aromatic heterocycles. The third kappa shape index (κ3) is 4.84. The molecule has 0 aliphatic carbocycles. The number of aryl methyl sites for hydroxylation is 1. The number of hydrogen-bond donors (Lipinski definition) is 2. The highest BCUT2D eigenvalue weighted by atomic mass is 32.1. The van der Waals surface area contributed by atoms with Gasteiger partial charge in [-0.25, -0.2) is 9.78 Å². The van der Waals surface area contributed by atoms with Gasteiger partial charge in [0, 0.05) is 11.8 Å². The fourth-order valence-corrected chi connectivity index (χ4v) is 2.77. The van der Waals surface area contributed by atoms with Crippen LogP contribution in [0.3, 0.4) is 0 Å². The molecule has 5 nitrogen and oxygen atoms in total. The van der Waals surface area contributed by atoms with Crippen LogP contribution in [0.25, 0.3) is 10.6 Å². The van der Waals surface area contributed by atoms with E-state index in [0.717, 1.165) is 41.3 Å². The van der Waals surface area contributed by atoms with Crippen LogP contribution in [0.5, 0.6) is 0 Å². The monoisotopic (exact) mass is 305 g/mol. The number of nitrogens with two attached hydrogens (primary N) is 2. The molecule has 0 unspecified atom stereocenters. The summed E-state index contributed by atoms with van der Waals surface area (Å²) in [5, 5.41) is 0.909. The molecule has 2 rings (SSSR count). The highest BCUT2D eigenvalue weighted by molar-refractivity contribution is 7.15. The van der Waals surface area contributed by atoms with Crippen LogP contribution in [-0.4, -0.2) is 17.6 Å². The Morgan fingerprint density at radius 1 is 1.24 bits per heavy atom. The maximum absolute atomic E-state index is 10.6. The Kier molecular flexibility index (Phi) is 5.71. The molecular formula is C15H19N3O2S. The van der Waals surface area contributed by atoms with Gasteiger partial charge in [0.2, 0.25) is 0 Å². The molecule has 21 heavy (non-hydrogen) atoms. The summed E-state index contributed by atoms with van der Waals surface area (Å²) >= 11 is 1.49. The lowest BCUT2D eigenvalue weighted by Crippen LogP contribution is -2.12. The smallest absolute Gasteiger partial charge is 0.404 e. The van der Waals surface area contributed by atoms with Gasteiger partial charge in [-0.3, -0.25) is 0 Å². The number of thiazole rings is 1. The highest BCUT2D eigenvalue weighted by Gasteiger charge is 2.06. The van der Waals surface area contributed by atoms with Gasteiger partial charge < -0.3 is 16.2 Å². The minimum Gasteiger partial charge on any atom is -0.444 e. The molecule has 1 amide bonds. The summed E-state index contributed by atoms with van der Waals surface area (Å²) < 4.78 is 4.75. The van der Waals surface area contributed by atoms with Gasteiger partial charge in [0.1, 0.15) is 11.6 Å². The molecule has 0 aliphatic rings. The van der Waals surface area contributed by atoms with Crippen LogP contribution >= 0.6 is 11.3 Å². The Hall–Kier alpha value is -1.92. The number of hydrogen-bond acceptors (Lipinski definition) is 5. The summed E-state index contributed by atoms with van der Waals surface area (Å²) in [6.07, 6.45) is 4.15. The predicted molar refractivity (Wildman–Crippen MR) is 83.9 cm³/mol. The first-order valence-electron chi connectivity index (χ1n) is 6.85. The fraction of sp³-hybridized carbons (Fsp3) is 0.333. The van der Waals surface area contributed by atoms with E-state index in [9.17, 15) is 4.79 Å². The Morgan fingerprint density at radius 2 is 2.00 bits per heavy atom. The molecule has 1 aromatic carbocycles. The van der Waals surface area contributed by atoms with Gasteiger partial charge in [-0.2, -0.15) is 0 Å². The van der Waals surface area contributed by atoms with Crippen LogP contribution in [0.4, 0.5) is 4.79 Å². The van der Waals surface area contributed by atoms with Crippen molar-refractivity contribution in [2.45, 2.75) is 25.9 Å². The second-order valence-corrected chi connectivity index (χ2v) is 5.80. The normalized spacial score (nSPS) is 10.5. The van der Waals surface area contributed by atoms with E-state index < -0.39 is 6.09 Å². The van der Waals surface area contributed by atoms with Crippen molar-refractivity contribution >= 4 is 17.4 Å². The molecule has 0 radical (unpaired) electrons. The average Bonchev–Trinajstić information content (AvgIpc) is 2.95. The van der Waals surface area contributed by atoms with Crippen molar-refractivity contribution in [2.75, 3.05) is 6.54 Å². The van der Waals surface area contributed by atoms with Gasteiger partial charge in [-0.1, -0.05) is 24.3 Å². The molecule has 0 bridgehead atoms. The molecule has 0 aliphatic heterocycles. The summed E-state index contributed by atoms with van der Waals surface area (Å²) in [6, 6.07) is 8.37. The minimum atomic E-state index is -0.771. The van der Waals surface area contributed by atoms with E-state index in [-0.39, 0.29) is 6.61 Å². The van der Waals surface area contributed by atoms with Crippen LogP contribution < -0.4 is 11.5 Å². The van der Waals surface area contributed by atoms with E-state index >= 15 is 0 Å². The van der Waals surface area contributed by atoms with Crippen LogP contribution in [0, 0.1) is 0 Å². The van der Waals surface area contributed by atoms with E-state index in [2.05, 4.69) is 29.2 Å². The minimum absolute atomic E-state index is 0.171. The van der Waals surface area contributed by atoms with E-state index in [1.807, 2.05) is 0 Å². The SMILES string of the molecule is NCCCCc1ccc(-c2ncc(COC(N)=O)s2)cc1. The number of amides is 1. The summed E-state index contributed by atoms with van der Waals surface area (Å²) in [5.74, 6) is 0. The lowest BCUT2D eigenvalue weighted by Gasteiger charge is -2.02. The molecule has 0 fully saturated rings. The molecule has 0 spiro atoms. The van der Waals surface area contributed by atoms with Gasteiger partial charge in [0.05, 0.1) is 4.88 Å². The van der Waals surface area contributed by atoms with Crippen molar-refractivity contribution in [1.29, 1.82) is 0 Å². The predicted octanol–water partition coefficient (Wildman–Crippen LogP) is 2.69. The largest absolute Gasteiger partial charge is 0.444 e. The van der Waals surface area contributed by atoms with Gasteiger partial charge in [-0.05, 0) is 31.4 Å². The first-order chi connectivity index (χ1) is 10.2. The first-order valence-corrected chi connectivity index (χ1v) is 7.67. The van der Waals surface area contributed by atoms with Gasteiger partial charge in [0.15, 0.2) is 0 Å². The summed E-state index contributed by atoms with van der Waals surface area (Å²) in [5.41, 5.74) is 12.8. The summed E-state index contributed by atoms with van der Waals surface area (Å²) in [4.78, 5) is 15.8. The number of carbonyl (C=O) groups excluding carboxylic acids is 1. The zero-order chi connectivity index (χ0) is 15.1. The van der Waals surface area contributed by atoms with Crippen molar-refractivity contribution < 1.29 is 9.53 Å². The van der Waals surface area contributed by atoms with Crippen molar-refractivity contribution in [3.63, 3.8) is 0 Å². The Bertz CT molecular complexity index is 581. The lowest BCUT2D eigenvalue weighted by molar-refractivity contribution is 0.151. The van der Waals surface area contributed by atoms with Crippen molar-refractivity contribution in [1.82, 2.24) is 4.98 Å². The Morgan fingerprint density at radius 3 is 2.67 bits per heavy atom. The standard InChI is InChI=1S/C15H19N3O2S/c16-8-2-1-3-11-4-6-12(7-5-11)14-18-9-13(21-14)10-20-15(17)19/h4-7,9H,1-3,8,10,16H2,(H2,17,19). The number of primary amides is 1. The van der Waals surface area contributed by atoms with Crippen LogP contribution in [-0.2, 0) is 17.8 Å². The maximum Gasteiger partial charge on any atom is 0.404 e. The van der Waals surface area contributed by atoms with Crippen LogP contribution in [0.15, 0.2) is 30.5 Å². The van der Waals surface area contributed by atoms with E-state index in [4.69, 9.17) is 16.2 Å². The van der Waals surface area contributed by atoms with Gasteiger partial charge >= 0.3 is 6.09 Å². The van der Waals surface area contributed by atoms with Crippen LogP contribution in [0.1, 0.15) is 23.3 Å². The number of rotatable bonds is 7. The summed E-state index contributed by atoms with van der Waals surface area (Å²) in [6.45, 7) is 0.914. The zero-order valence-corrected chi connectivity index (χ0v) is 12.6. The number of unbranched alkanes of at least 4 members (excludes halogenated alkanes) is 1. The molecule has 6 heteroatoms. The molecule has 0 saturated heterocycles. The van der Waals surface area contributed by atoms with Gasteiger partial charge in [0.25, 0.3) is 0 Å². The number of nitrogens with zero attached hydrogens (tertiary/aromatic N) is 1. The van der Waals surface area contributed by atoms with Crippen molar-refractivity contribution in [3.8, 4) is 10.6 Å². The quantitative estimate of drug-likeness (QED) is 0.769. The molecular weight excluding hydrogens is 286 g/mol. The molecule has 1 heterocycles. The zero-order valence-electron chi connectivity index (χ0n) is 11.7. The number of carbonyl (C=O) groups is 1. The molecule has 0 saturated carbocycles. The Balaban J connectivity index is 1.96. The second kappa shape index (κ2) is 7.75. The Labute approximate surface area is 127 Å². The van der Waals surface area contributed by atoms with E-state index in [1.54, 1.807) is 6.20 Å². The number of ether oxygens (including phenoxy) is 1. The van der Waals surface area contributed by atoms with E-state index in [0.29, 0.717) is 0 Å². The number of benzene rings is 1. The maximum atomic E-state index is 10.6. The molecule has 0 atom stereocenters.